The Labute approximate surface area is 229 Å². The summed E-state index contributed by atoms with van der Waals surface area (Å²) in [6, 6.07) is 21.5. The topological polar surface area (TPSA) is 119 Å². The molecule has 0 radical (unpaired) electrons. The van der Waals surface area contributed by atoms with Crippen molar-refractivity contribution in [2.75, 3.05) is 42.7 Å². The van der Waals surface area contributed by atoms with E-state index in [9.17, 15) is 0 Å². The zero-order valence-electron chi connectivity index (χ0n) is 22.5. The number of benzene rings is 3. The number of methoxy groups -OCH3 is 3. The van der Waals surface area contributed by atoms with Crippen LogP contribution in [0.2, 0.25) is 0 Å². The van der Waals surface area contributed by atoms with Crippen LogP contribution in [0.1, 0.15) is 0 Å². The van der Waals surface area contributed by atoms with E-state index >= 15 is 0 Å². The van der Waals surface area contributed by atoms with Gasteiger partial charge in [0, 0.05) is 0 Å². The fourth-order valence-electron chi connectivity index (χ4n) is 3.72. The van der Waals surface area contributed by atoms with Crippen LogP contribution in [0, 0.1) is 0 Å². The Hall–Kier alpha value is -2.65. The molecule has 0 bridgehead atoms. The van der Waals surface area contributed by atoms with Crippen molar-refractivity contribution in [1.29, 1.82) is 0 Å². The zero-order valence-corrected chi connectivity index (χ0v) is 25.4. The van der Waals surface area contributed by atoms with Gasteiger partial charge in [-0.05, 0) is 0 Å². The summed E-state index contributed by atoms with van der Waals surface area (Å²) in [7, 11) is -1.98. The third kappa shape index (κ3) is 6.40. The normalized spacial score (nSPS) is 21.0. The zero-order chi connectivity index (χ0) is 27.9. The first-order valence-corrected chi connectivity index (χ1v) is 16.9. The molecular weight excluding hydrogens is 567 g/mol. The van der Waals surface area contributed by atoms with Gasteiger partial charge in [-0.2, -0.15) is 0 Å². The minimum absolute atomic E-state index is 0.390. The van der Waals surface area contributed by atoms with Crippen LogP contribution in [0.4, 0.5) is 0 Å². The molecule has 1 heterocycles. The van der Waals surface area contributed by atoms with E-state index in [1.807, 2.05) is 36.4 Å². The van der Waals surface area contributed by atoms with Crippen molar-refractivity contribution < 1.29 is 41.4 Å². The molecule has 0 amide bonds. The fraction of sp³-hybridized carbons (Fsp3) is 0.250. The number of ether oxygens (including phenoxy) is 3. The maximum atomic E-state index is 6.51. The van der Waals surface area contributed by atoms with Crippen LogP contribution in [0.25, 0.3) is 0 Å². The van der Waals surface area contributed by atoms with E-state index in [1.54, 1.807) is 57.7 Å². The Morgan fingerprint density at radius 3 is 1.51 bits per heavy atom. The summed E-state index contributed by atoms with van der Waals surface area (Å²) < 4.78 is 58.9. The summed E-state index contributed by atoms with van der Waals surface area (Å²) in [6.45, 7) is 0. The van der Waals surface area contributed by atoms with Gasteiger partial charge in [0.1, 0.15) is 0 Å². The Bertz CT molecular complexity index is 1330. The van der Waals surface area contributed by atoms with Gasteiger partial charge in [0.25, 0.3) is 0 Å². The van der Waals surface area contributed by atoms with Gasteiger partial charge in [-0.3, -0.25) is 0 Å². The molecule has 1 aliphatic rings. The number of hydrogen-bond acceptors (Lipinski definition) is 12. The Morgan fingerprint density at radius 2 is 1.05 bits per heavy atom. The SMILES string of the molecule is COc1ccccc1OP1(OC)=N[PH](OC)(Oc2ccccc2OC)N[PH](OC)(Oc2ccccc2OC)N1. The molecule has 1 unspecified atom stereocenters. The molecule has 1 atom stereocenters. The average molecular weight is 601 g/mol. The number of rotatable bonds is 12. The first-order chi connectivity index (χ1) is 18.9. The summed E-state index contributed by atoms with van der Waals surface area (Å²) >= 11 is 0. The van der Waals surface area contributed by atoms with Gasteiger partial charge in [-0.1, -0.05) is 0 Å². The molecule has 2 N–H and O–H groups in total. The molecule has 214 valence electrons. The Morgan fingerprint density at radius 1 is 0.590 bits per heavy atom. The number of nitrogens with zero attached hydrogens (tertiary/aromatic N) is 1. The monoisotopic (exact) mass is 601 g/mol. The molecule has 0 aromatic heterocycles. The Kier molecular flexibility index (Phi) is 9.54. The van der Waals surface area contributed by atoms with Crippen molar-refractivity contribution in [3.05, 3.63) is 72.8 Å². The van der Waals surface area contributed by atoms with Gasteiger partial charge in [0.05, 0.1) is 0 Å². The molecule has 39 heavy (non-hydrogen) atoms. The summed E-state index contributed by atoms with van der Waals surface area (Å²) in [5.74, 6) is 2.66. The molecule has 3 aromatic rings. The van der Waals surface area contributed by atoms with Crippen molar-refractivity contribution in [1.82, 2.24) is 9.72 Å². The van der Waals surface area contributed by atoms with Gasteiger partial charge in [-0.15, -0.1) is 0 Å². The van der Waals surface area contributed by atoms with Gasteiger partial charge in [-0.25, -0.2) is 0 Å². The van der Waals surface area contributed by atoms with Crippen LogP contribution in [0.5, 0.6) is 34.5 Å². The number of para-hydroxylation sites is 6. The third-order valence-electron chi connectivity index (χ3n) is 5.62. The molecule has 0 saturated heterocycles. The van der Waals surface area contributed by atoms with E-state index in [-0.39, 0.29) is 0 Å². The van der Waals surface area contributed by atoms with Crippen molar-refractivity contribution >= 4 is 23.7 Å². The number of hydrogen-bond donors (Lipinski definition) is 2. The number of nitrogens with one attached hydrogen (secondary N) is 2. The first kappa shape index (κ1) is 29.3. The van der Waals surface area contributed by atoms with Crippen LogP contribution in [-0.2, 0) is 13.6 Å². The molecular formula is C24H34N3O9P3. The fourth-order valence-corrected chi connectivity index (χ4v) is 15.2. The van der Waals surface area contributed by atoms with Gasteiger partial charge >= 0.3 is 229 Å². The van der Waals surface area contributed by atoms with E-state index in [1.165, 1.54) is 21.3 Å². The molecule has 3 aromatic carbocycles. The van der Waals surface area contributed by atoms with Crippen molar-refractivity contribution in [3.63, 3.8) is 0 Å². The summed E-state index contributed by atoms with van der Waals surface area (Å²) in [5, 5.41) is 0. The summed E-state index contributed by atoms with van der Waals surface area (Å²) in [6.07, 6.45) is 0. The van der Waals surface area contributed by atoms with Gasteiger partial charge < -0.3 is 0 Å². The van der Waals surface area contributed by atoms with E-state index in [0.717, 1.165) is 0 Å². The first-order valence-electron chi connectivity index (χ1n) is 11.7. The van der Waals surface area contributed by atoms with E-state index < -0.39 is 23.7 Å². The molecule has 4 rings (SSSR count). The van der Waals surface area contributed by atoms with E-state index in [2.05, 4.69) is 9.72 Å². The quantitative estimate of drug-likeness (QED) is 0.233. The molecule has 15 heteroatoms. The standard InChI is InChI=1S/C24H34N3O9P3/c1-28-19-13-7-10-16-22(19)34-37(31-4)25-38(32-5,35-23-17-11-8-14-20(23)29-2)27-39(26-37,33-6)36-24-18-12-9-15-21(24)30-3/h7-18,25-26,37-38H,1-6H3. The predicted octanol–water partition coefficient (Wildman–Crippen LogP) is 6.15. The second-order valence-electron chi connectivity index (χ2n) is 7.89. The molecule has 0 saturated carbocycles. The van der Waals surface area contributed by atoms with Crippen LogP contribution in [0.15, 0.2) is 77.3 Å². The average Bonchev–Trinajstić information content (AvgIpc) is 2.98. The van der Waals surface area contributed by atoms with Crippen LogP contribution < -0.4 is 37.5 Å². The van der Waals surface area contributed by atoms with Crippen LogP contribution in [-0.4, -0.2) is 42.7 Å². The maximum absolute atomic E-state index is 6.51. The second-order valence-corrected chi connectivity index (χ2v) is 15.8. The summed E-state index contributed by atoms with van der Waals surface area (Å²) in [4.78, 5) is 6.62. The van der Waals surface area contributed by atoms with Gasteiger partial charge in [0.2, 0.25) is 0 Å². The van der Waals surface area contributed by atoms with Crippen molar-refractivity contribution in [2.24, 2.45) is 4.52 Å². The van der Waals surface area contributed by atoms with Crippen LogP contribution in [0.3, 0.4) is 0 Å². The summed E-state index contributed by atoms with van der Waals surface area (Å²) in [5.41, 5.74) is 0. The van der Waals surface area contributed by atoms with E-state index in [4.69, 9.17) is 45.9 Å². The van der Waals surface area contributed by atoms with Crippen molar-refractivity contribution in [2.45, 2.75) is 0 Å². The van der Waals surface area contributed by atoms with Gasteiger partial charge in [0.15, 0.2) is 0 Å². The predicted molar refractivity (Wildman–Crippen MR) is 154 cm³/mol. The molecule has 0 fully saturated rings. The van der Waals surface area contributed by atoms with Crippen molar-refractivity contribution in [3.8, 4) is 34.5 Å². The second kappa shape index (κ2) is 12.7. The molecule has 0 aliphatic carbocycles. The van der Waals surface area contributed by atoms with Crippen LogP contribution >= 0.6 is 23.7 Å². The molecule has 12 nitrogen and oxygen atoms in total. The minimum atomic E-state index is -3.86. The Balaban J connectivity index is 1.88. The third-order valence-corrected chi connectivity index (χ3v) is 15.7. The molecule has 0 spiro atoms. The molecule has 1 aliphatic heterocycles. The van der Waals surface area contributed by atoms with E-state index in [0.29, 0.717) is 34.5 Å².